The van der Waals surface area contributed by atoms with E-state index in [9.17, 15) is 9.90 Å². The number of imidazole rings is 1. The van der Waals surface area contributed by atoms with Crippen LogP contribution in [0.2, 0.25) is 0 Å². The molecule has 128 valence electrons. The molecule has 4 rings (SSSR count). The number of hydrogen-bond donors (Lipinski definition) is 1. The number of aryl methyl sites for hydroxylation is 1. The number of carbonyl (C=O) groups is 1. The molecule has 26 heavy (non-hydrogen) atoms. The number of carboxylic acid groups (broad SMARTS) is 1. The van der Waals surface area contributed by atoms with Crippen molar-refractivity contribution in [2.45, 2.75) is 6.92 Å². The number of pyridine rings is 2. The second-order valence-electron chi connectivity index (χ2n) is 5.72. The van der Waals surface area contributed by atoms with E-state index < -0.39 is 5.97 Å². The molecule has 7 nitrogen and oxygen atoms in total. The molecule has 0 spiro atoms. The zero-order valence-electron chi connectivity index (χ0n) is 13.8. The van der Waals surface area contributed by atoms with E-state index in [4.69, 9.17) is 0 Å². The normalized spacial score (nSPS) is 11.0. The summed E-state index contributed by atoms with van der Waals surface area (Å²) in [5.74, 6) is -0.993. The van der Waals surface area contributed by atoms with Gasteiger partial charge in [-0.05, 0) is 0 Å². The summed E-state index contributed by atoms with van der Waals surface area (Å²) in [6.45, 7) is 1.92. The molecule has 4 aromatic heterocycles. The summed E-state index contributed by atoms with van der Waals surface area (Å²) in [7, 11) is 0. The summed E-state index contributed by atoms with van der Waals surface area (Å²) in [6.07, 6.45) is 3.40. The molecule has 0 bridgehead atoms. The zero-order chi connectivity index (χ0) is 18.3. The van der Waals surface area contributed by atoms with Crippen LogP contribution in [0.15, 0.2) is 48.8 Å². The molecule has 1 N–H and O–H groups in total. The maximum atomic E-state index is 11.3. The number of carboxylic acids is 1. The van der Waals surface area contributed by atoms with Gasteiger partial charge < -0.3 is 0 Å². The summed E-state index contributed by atoms with van der Waals surface area (Å²) >= 11 is 1.33. The Labute approximate surface area is 157 Å². The van der Waals surface area contributed by atoms with Gasteiger partial charge in [-0.25, -0.2) is 0 Å². The summed E-state index contributed by atoms with van der Waals surface area (Å²) < 4.78 is 2.54. The van der Waals surface area contributed by atoms with E-state index in [0.29, 0.717) is 27.3 Å². The summed E-state index contributed by atoms with van der Waals surface area (Å²) in [6, 6.07) is 10.6. The van der Waals surface area contributed by atoms with Crippen molar-refractivity contribution >= 4 is 33.1 Å². The molecule has 1 unspecified atom stereocenters. The Balaban J connectivity index is 2.05. The van der Waals surface area contributed by atoms with Gasteiger partial charge in [0.05, 0.1) is 0 Å². The Bertz CT molecular complexity index is 1160. The van der Waals surface area contributed by atoms with Gasteiger partial charge in [0, 0.05) is 0 Å². The van der Waals surface area contributed by atoms with Crippen LogP contribution in [0.5, 0.6) is 0 Å². The Morgan fingerprint density at radius 2 is 1.96 bits per heavy atom. The standard InChI is InChI=1S/C18H14AsN5O2/c1-10-3-2-4-12(21-10)15-16(13-5-7-20-18(19)22-13)24-8-6-11(17(25)26)9-14(24)23-15/h2-9H,19H2,1H3,(H,25,26). The monoisotopic (exact) mass is 407 g/mol. The van der Waals surface area contributed by atoms with Crippen LogP contribution < -0.4 is 4.61 Å². The minimum absolute atomic E-state index is 0.181. The fourth-order valence-corrected chi connectivity index (χ4v) is 3.25. The second kappa shape index (κ2) is 6.35. The third-order valence-corrected chi connectivity index (χ3v) is 4.50. The van der Waals surface area contributed by atoms with Crippen molar-refractivity contribution in [1.82, 2.24) is 24.3 Å². The van der Waals surface area contributed by atoms with Crippen LogP contribution in [-0.2, 0) is 0 Å². The zero-order valence-corrected chi connectivity index (χ0v) is 16.2. The van der Waals surface area contributed by atoms with Crippen molar-refractivity contribution in [3.05, 3.63) is 60.0 Å². The van der Waals surface area contributed by atoms with Crippen LogP contribution >= 0.6 is 0 Å². The van der Waals surface area contributed by atoms with Crippen molar-refractivity contribution < 1.29 is 9.90 Å². The fourth-order valence-electron chi connectivity index (χ4n) is 2.78. The number of hydrogen-bond acceptors (Lipinski definition) is 5. The van der Waals surface area contributed by atoms with E-state index in [0.717, 1.165) is 11.4 Å². The second-order valence-corrected chi connectivity index (χ2v) is 6.81. The first-order valence-electron chi connectivity index (χ1n) is 7.81. The van der Waals surface area contributed by atoms with Gasteiger partial charge in [0.1, 0.15) is 0 Å². The van der Waals surface area contributed by atoms with E-state index >= 15 is 0 Å². The van der Waals surface area contributed by atoms with Gasteiger partial charge in [0.2, 0.25) is 0 Å². The van der Waals surface area contributed by atoms with Crippen molar-refractivity contribution in [2.24, 2.45) is 0 Å². The molecule has 0 saturated carbocycles. The van der Waals surface area contributed by atoms with Gasteiger partial charge in [-0.15, -0.1) is 0 Å². The van der Waals surface area contributed by atoms with E-state index in [-0.39, 0.29) is 5.56 Å². The van der Waals surface area contributed by atoms with Crippen molar-refractivity contribution in [3.63, 3.8) is 0 Å². The summed E-state index contributed by atoms with van der Waals surface area (Å²) in [4.78, 5) is 29.2. The van der Waals surface area contributed by atoms with Crippen molar-refractivity contribution in [3.8, 4) is 22.8 Å². The molecule has 1 atom stereocenters. The quantitative estimate of drug-likeness (QED) is 0.512. The van der Waals surface area contributed by atoms with E-state index in [2.05, 4.69) is 19.9 Å². The Morgan fingerprint density at radius 3 is 2.69 bits per heavy atom. The molecule has 0 aliphatic rings. The minimum atomic E-state index is -0.993. The SMILES string of the molecule is Cc1cccc(-c2nc3cc(C(=O)O)ccn3c2-c2ccnc([AsH2])n2)n1. The summed E-state index contributed by atoms with van der Waals surface area (Å²) in [5.41, 5.74) is 4.42. The van der Waals surface area contributed by atoms with Crippen LogP contribution in [0.3, 0.4) is 0 Å². The van der Waals surface area contributed by atoms with Gasteiger partial charge in [-0.3, -0.25) is 0 Å². The van der Waals surface area contributed by atoms with E-state index in [1.807, 2.05) is 35.6 Å². The van der Waals surface area contributed by atoms with Gasteiger partial charge in [0.15, 0.2) is 0 Å². The maximum absolute atomic E-state index is 11.3. The molecule has 8 heteroatoms. The summed E-state index contributed by atoms with van der Waals surface area (Å²) in [5, 5.41) is 9.26. The number of aromatic carboxylic acids is 1. The fraction of sp³-hybridized carbons (Fsp3) is 0.0556. The van der Waals surface area contributed by atoms with E-state index in [1.54, 1.807) is 24.5 Å². The molecule has 0 aliphatic carbocycles. The van der Waals surface area contributed by atoms with Crippen LogP contribution in [-0.4, -0.2) is 52.3 Å². The van der Waals surface area contributed by atoms with Crippen molar-refractivity contribution in [1.29, 1.82) is 0 Å². The topological polar surface area (TPSA) is 93.3 Å². The predicted molar refractivity (Wildman–Crippen MR) is 99.3 cm³/mol. The molecule has 0 amide bonds. The first-order chi connectivity index (χ1) is 12.5. The first-order valence-corrected chi connectivity index (χ1v) is 9.02. The van der Waals surface area contributed by atoms with Crippen molar-refractivity contribution in [2.75, 3.05) is 0 Å². The average Bonchev–Trinajstić information content (AvgIpc) is 3.00. The van der Waals surface area contributed by atoms with Crippen LogP contribution in [0.1, 0.15) is 16.1 Å². The number of rotatable bonds is 3. The Morgan fingerprint density at radius 1 is 1.12 bits per heavy atom. The molecule has 0 radical (unpaired) electrons. The molecule has 0 aliphatic heterocycles. The van der Waals surface area contributed by atoms with Gasteiger partial charge >= 0.3 is 157 Å². The van der Waals surface area contributed by atoms with Gasteiger partial charge in [-0.1, -0.05) is 0 Å². The Hall–Kier alpha value is -3.05. The van der Waals surface area contributed by atoms with Gasteiger partial charge in [-0.2, -0.15) is 0 Å². The first kappa shape index (κ1) is 16.4. The molecule has 4 aromatic rings. The molecular formula is C18H14AsN5O2. The number of nitrogens with zero attached hydrogens (tertiary/aromatic N) is 5. The third-order valence-electron chi connectivity index (χ3n) is 3.92. The third kappa shape index (κ3) is 2.86. The molecule has 0 saturated heterocycles. The average molecular weight is 407 g/mol. The Kier molecular flexibility index (Phi) is 4.01. The number of fused-ring (bicyclic) bond motifs is 1. The predicted octanol–water partition coefficient (Wildman–Crippen LogP) is 1.12. The molecular weight excluding hydrogens is 393 g/mol. The van der Waals surface area contributed by atoms with Crippen LogP contribution in [0.25, 0.3) is 28.4 Å². The van der Waals surface area contributed by atoms with Crippen LogP contribution in [0, 0.1) is 6.92 Å². The van der Waals surface area contributed by atoms with E-state index in [1.165, 1.54) is 16.9 Å². The molecule has 0 fully saturated rings. The van der Waals surface area contributed by atoms with Crippen LogP contribution in [0.4, 0.5) is 0 Å². The number of aromatic nitrogens is 5. The molecule has 0 aromatic carbocycles. The van der Waals surface area contributed by atoms with Gasteiger partial charge in [0.25, 0.3) is 0 Å². The molecule has 4 heterocycles.